The number of aliphatic imine (C=N–C) groups is 1. The Morgan fingerprint density at radius 1 is 1.50 bits per heavy atom. The van der Waals surface area contributed by atoms with Gasteiger partial charge >= 0.3 is 0 Å². The number of rotatable bonds is 7. The van der Waals surface area contributed by atoms with Crippen molar-refractivity contribution in [3.8, 4) is 0 Å². The van der Waals surface area contributed by atoms with Crippen LogP contribution in [0.5, 0.6) is 0 Å². The van der Waals surface area contributed by atoms with E-state index in [2.05, 4.69) is 31.4 Å². The van der Waals surface area contributed by atoms with E-state index < -0.39 is 17.6 Å². The lowest BCUT2D eigenvalue weighted by molar-refractivity contribution is -0.119. The molecule has 0 saturated carbocycles. The fourth-order valence-corrected chi connectivity index (χ4v) is 2.89. The lowest BCUT2D eigenvalue weighted by Crippen LogP contribution is -2.39. The van der Waals surface area contributed by atoms with Crippen LogP contribution in [0.1, 0.15) is 6.92 Å². The minimum Gasteiger partial charge on any atom is -0.410 e. The number of nitrogens with one attached hydrogen (secondary N) is 3. The Balaban J connectivity index is 2.91. The van der Waals surface area contributed by atoms with Crippen molar-refractivity contribution in [2.75, 3.05) is 12.4 Å². The van der Waals surface area contributed by atoms with E-state index in [0.29, 0.717) is 0 Å². The van der Waals surface area contributed by atoms with E-state index in [-0.39, 0.29) is 39.3 Å². The van der Waals surface area contributed by atoms with Crippen LogP contribution < -0.4 is 10.8 Å². The van der Waals surface area contributed by atoms with Crippen LogP contribution in [-0.4, -0.2) is 56.4 Å². The summed E-state index contributed by atoms with van der Waals surface area (Å²) in [6.45, 7) is 0.944. The Kier molecular flexibility index (Phi) is 9.19. The molecule has 1 aromatic rings. The lowest BCUT2D eigenvalue weighted by Gasteiger charge is -2.15. The standard InChI is InChI=1S/C14H17BrFN5O4S/c1-7(23)18-9(5-22)6-26-14(21-25)12(17)13(20-24)19-8-2-3-11(16)10(15)4-8/h2-4,9,17,22,24-25H,5-6H2,1H3,(H,18,23)(H,19,20)/b17-12?,21-14+/t9-/m1/s1. The molecule has 26 heavy (non-hydrogen) atoms. The largest absolute Gasteiger partial charge is 0.410 e. The summed E-state index contributed by atoms with van der Waals surface area (Å²) in [7, 11) is 0. The highest BCUT2D eigenvalue weighted by Gasteiger charge is 2.19. The molecule has 1 rings (SSSR count). The number of aliphatic hydroxyl groups excluding tert-OH is 1. The first kappa shape index (κ1) is 22.0. The molecule has 9 nitrogen and oxygen atoms in total. The van der Waals surface area contributed by atoms with Crippen LogP contribution in [-0.2, 0) is 4.79 Å². The van der Waals surface area contributed by atoms with Gasteiger partial charge in [-0.25, -0.2) is 9.38 Å². The Bertz CT molecular complexity index is 731. The highest BCUT2D eigenvalue weighted by atomic mass is 79.9. The molecule has 0 aromatic heterocycles. The van der Waals surface area contributed by atoms with Crippen LogP contribution in [0.3, 0.4) is 0 Å². The third-order valence-corrected chi connectivity index (χ3v) is 4.58. The number of halogens is 2. The molecule has 0 saturated heterocycles. The summed E-state index contributed by atoms with van der Waals surface area (Å²) in [6.07, 6.45) is 0. The Hall–Kier alpha value is -2.02. The molecule has 0 bridgehead atoms. The third kappa shape index (κ3) is 6.71. The summed E-state index contributed by atoms with van der Waals surface area (Å²) in [4.78, 5) is 15.0. The fourth-order valence-electron chi connectivity index (χ4n) is 1.68. The molecular formula is C14H17BrFN5O4S. The zero-order chi connectivity index (χ0) is 19.7. The predicted molar refractivity (Wildman–Crippen MR) is 100 cm³/mol. The molecule has 1 aromatic carbocycles. The van der Waals surface area contributed by atoms with Gasteiger partial charge in [-0.1, -0.05) is 16.9 Å². The average Bonchev–Trinajstić information content (AvgIpc) is 2.61. The average molecular weight is 450 g/mol. The molecule has 0 aliphatic heterocycles. The second-order valence-electron chi connectivity index (χ2n) is 4.84. The molecule has 0 fully saturated rings. The number of nitrogens with zero attached hydrogens (tertiary/aromatic N) is 2. The van der Waals surface area contributed by atoms with E-state index >= 15 is 0 Å². The highest BCUT2D eigenvalue weighted by Crippen LogP contribution is 2.22. The Morgan fingerprint density at radius 2 is 2.19 bits per heavy atom. The van der Waals surface area contributed by atoms with Crippen molar-refractivity contribution >= 4 is 55.9 Å². The van der Waals surface area contributed by atoms with Crippen LogP contribution in [0.25, 0.3) is 0 Å². The maximum absolute atomic E-state index is 13.3. The normalized spacial score (nSPS) is 13.3. The van der Waals surface area contributed by atoms with Gasteiger partial charge in [0.05, 0.1) is 22.8 Å². The van der Waals surface area contributed by atoms with Gasteiger partial charge in [0.1, 0.15) is 11.5 Å². The zero-order valence-electron chi connectivity index (χ0n) is 13.5. The van der Waals surface area contributed by atoms with Crippen LogP contribution >= 0.6 is 27.7 Å². The van der Waals surface area contributed by atoms with E-state index in [4.69, 9.17) is 10.6 Å². The molecule has 1 amide bonds. The minimum absolute atomic E-state index is 0.110. The van der Waals surface area contributed by atoms with Gasteiger partial charge in [-0.2, -0.15) is 0 Å². The number of hydroxylamine groups is 1. The molecule has 0 unspecified atom stereocenters. The molecule has 6 N–H and O–H groups in total. The maximum atomic E-state index is 13.3. The van der Waals surface area contributed by atoms with Gasteiger partial charge in [0.25, 0.3) is 0 Å². The van der Waals surface area contributed by atoms with E-state index in [0.717, 1.165) is 17.8 Å². The van der Waals surface area contributed by atoms with Crippen LogP contribution in [0.2, 0.25) is 0 Å². The van der Waals surface area contributed by atoms with Gasteiger partial charge in [-0.15, -0.1) is 0 Å². The van der Waals surface area contributed by atoms with Crippen molar-refractivity contribution in [2.24, 2.45) is 10.1 Å². The molecule has 0 spiro atoms. The fraction of sp³-hybridized carbons (Fsp3) is 0.286. The van der Waals surface area contributed by atoms with Crippen LogP contribution in [0.4, 0.5) is 10.1 Å². The molecule has 0 radical (unpaired) electrons. The molecule has 0 aliphatic carbocycles. The summed E-state index contributed by atoms with van der Waals surface area (Å²) in [5.74, 6) is -1.08. The van der Waals surface area contributed by atoms with Crippen molar-refractivity contribution < 1.29 is 24.7 Å². The summed E-state index contributed by atoms with van der Waals surface area (Å²) < 4.78 is 13.4. The number of carbonyl (C=O) groups is 1. The van der Waals surface area contributed by atoms with E-state index in [1.54, 1.807) is 5.48 Å². The minimum atomic E-state index is -0.613. The van der Waals surface area contributed by atoms with E-state index in [9.17, 15) is 19.5 Å². The number of hydrogen-bond acceptors (Lipinski definition) is 8. The summed E-state index contributed by atoms with van der Waals surface area (Å²) in [5.41, 5.74) is 1.51. The second kappa shape index (κ2) is 10.9. The number of hydrogen-bond donors (Lipinski definition) is 6. The first-order valence-electron chi connectivity index (χ1n) is 7.08. The SMILES string of the molecule is CC(=O)N[C@H](CO)CS/C(=N/O)C(=N)C(=Nc1ccc(F)c(Br)c1)NO. The van der Waals surface area contributed by atoms with Crippen molar-refractivity contribution in [1.29, 1.82) is 5.41 Å². The van der Waals surface area contributed by atoms with Crippen LogP contribution in [0, 0.1) is 11.2 Å². The first-order valence-corrected chi connectivity index (χ1v) is 8.86. The number of oxime groups is 1. The van der Waals surface area contributed by atoms with Crippen molar-refractivity contribution in [1.82, 2.24) is 10.8 Å². The van der Waals surface area contributed by atoms with E-state index in [1.165, 1.54) is 19.1 Å². The topological polar surface area (TPSA) is 150 Å². The van der Waals surface area contributed by atoms with Gasteiger partial charge in [-0.05, 0) is 34.1 Å². The monoisotopic (exact) mass is 449 g/mol. The molecule has 142 valence electrons. The number of carbonyl (C=O) groups excluding carboxylic acids is 1. The van der Waals surface area contributed by atoms with Crippen molar-refractivity contribution in [3.63, 3.8) is 0 Å². The predicted octanol–water partition coefficient (Wildman–Crippen LogP) is 1.63. The van der Waals surface area contributed by atoms with Gasteiger partial charge in [0.15, 0.2) is 10.9 Å². The molecule has 0 heterocycles. The molecule has 12 heteroatoms. The van der Waals surface area contributed by atoms with Gasteiger partial charge in [0, 0.05) is 12.7 Å². The van der Waals surface area contributed by atoms with Gasteiger partial charge in [-0.3, -0.25) is 20.9 Å². The number of benzene rings is 1. The third-order valence-electron chi connectivity index (χ3n) is 2.84. The number of amides is 1. The summed E-state index contributed by atoms with van der Waals surface area (Å²) in [6, 6.07) is 3.20. The molecule has 1 atom stereocenters. The van der Waals surface area contributed by atoms with Crippen molar-refractivity contribution in [2.45, 2.75) is 13.0 Å². The Labute approximate surface area is 161 Å². The second-order valence-corrected chi connectivity index (χ2v) is 6.70. The Morgan fingerprint density at radius 3 is 2.69 bits per heavy atom. The van der Waals surface area contributed by atoms with E-state index in [1.807, 2.05) is 0 Å². The lowest BCUT2D eigenvalue weighted by atomic mass is 10.3. The maximum Gasteiger partial charge on any atom is 0.217 e. The summed E-state index contributed by atoms with van der Waals surface area (Å²) in [5, 5.41) is 40.8. The number of amidine groups is 1. The molecular weight excluding hydrogens is 433 g/mol. The molecule has 0 aliphatic rings. The highest BCUT2D eigenvalue weighted by molar-refractivity contribution is 9.10. The first-order chi connectivity index (χ1) is 12.3. The number of thioether (sulfide) groups is 1. The smallest absolute Gasteiger partial charge is 0.217 e. The quantitative estimate of drug-likeness (QED) is 0.161. The summed E-state index contributed by atoms with van der Waals surface area (Å²) >= 11 is 3.86. The number of aliphatic hydroxyl groups is 1. The van der Waals surface area contributed by atoms with Gasteiger partial charge in [0.2, 0.25) is 5.91 Å². The van der Waals surface area contributed by atoms with Gasteiger partial charge < -0.3 is 15.6 Å². The zero-order valence-corrected chi connectivity index (χ0v) is 15.9. The van der Waals surface area contributed by atoms with Crippen LogP contribution in [0.15, 0.2) is 32.8 Å². The van der Waals surface area contributed by atoms with Crippen molar-refractivity contribution in [3.05, 3.63) is 28.5 Å².